The molecule has 76 heavy (non-hydrogen) atoms. The molecule has 1 unspecified atom stereocenters. The van der Waals surface area contributed by atoms with Crippen molar-refractivity contribution in [3.63, 3.8) is 0 Å². The molecule has 0 bridgehead atoms. The van der Waals surface area contributed by atoms with Crippen molar-refractivity contribution in [2.45, 2.75) is 64.2 Å². The third kappa shape index (κ3) is 7.42. The van der Waals surface area contributed by atoms with Gasteiger partial charge in [-0.15, -0.1) is 0 Å². The number of hydrogen-bond acceptors (Lipinski definition) is 3. The van der Waals surface area contributed by atoms with Crippen molar-refractivity contribution in [2.75, 3.05) is 14.7 Å². The predicted octanol–water partition coefficient (Wildman–Crippen LogP) is 19.3. The zero-order valence-corrected chi connectivity index (χ0v) is 43.8. The Bertz CT molecular complexity index is 3820. The Hall–Kier alpha value is -8.54. The SMILES string of the molecule is CC(C)(C)c1ccc(N(C2=CC3=C(C4=CC=CCC42)c2c(cc(N(c4ccc(F)cc4)c4ccc(C(C)(C)C)cc4)c4ccccc24)C32c3ccccc3N(c3ccccc3)c3ccccc32)c2ccc(F)cc2)cc1. The normalized spacial score (nSPS) is 16.1. The molecule has 1 aliphatic heterocycles. The Morgan fingerprint density at radius 3 is 1.51 bits per heavy atom. The lowest BCUT2D eigenvalue weighted by atomic mass is 9.62. The summed E-state index contributed by atoms with van der Waals surface area (Å²) in [5.74, 6) is -0.613. The van der Waals surface area contributed by atoms with Gasteiger partial charge in [0, 0.05) is 45.4 Å². The van der Waals surface area contributed by atoms with Crippen LogP contribution in [0.4, 0.5) is 54.3 Å². The van der Waals surface area contributed by atoms with E-state index in [-0.39, 0.29) is 28.4 Å². The van der Waals surface area contributed by atoms with Crippen LogP contribution in [0.3, 0.4) is 0 Å². The first-order valence-corrected chi connectivity index (χ1v) is 26.6. The van der Waals surface area contributed by atoms with Gasteiger partial charge in [0.15, 0.2) is 0 Å². The summed E-state index contributed by atoms with van der Waals surface area (Å²) in [6.07, 6.45) is 10.2. The lowest BCUT2D eigenvalue weighted by Gasteiger charge is -2.47. The second-order valence-corrected chi connectivity index (χ2v) is 22.7. The van der Waals surface area contributed by atoms with Crippen molar-refractivity contribution in [1.29, 1.82) is 0 Å². The van der Waals surface area contributed by atoms with Crippen molar-refractivity contribution in [3.05, 3.63) is 292 Å². The van der Waals surface area contributed by atoms with E-state index < -0.39 is 5.41 Å². The van der Waals surface area contributed by atoms with E-state index in [9.17, 15) is 0 Å². The minimum atomic E-state index is -0.880. The molecule has 3 aliphatic carbocycles. The molecule has 0 fully saturated rings. The Morgan fingerprint density at radius 2 is 0.974 bits per heavy atom. The van der Waals surface area contributed by atoms with Crippen LogP contribution in [0.5, 0.6) is 0 Å². The van der Waals surface area contributed by atoms with E-state index in [1.807, 2.05) is 24.3 Å². The van der Waals surface area contributed by atoms with Gasteiger partial charge in [-0.1, -0.05) is 163 Å². The maximum Gasteiger partial charge on any atom is 0.123 e. The van der Waals surface area contributed by atoms with E-state index in [1.165, 1.54) is 39.0 Å². The third-order valence-electron chi connectivity index (χ3n) is 16.2. The van der Waals surface area contributed by atoms with Crippen LogP contribution >= 0.6 is 0 Å². The summed E-state index contributed by atoms with van der Waals surface area (Å²) in [5.41, 5.74) is 19.0. The first kappa shape index (κ1) is 47.2. The van der Waals surface area contributed by atoms with Gasteiger partial charge in [-0.05, 0) is 182 Å². The molecule has 9 aromatic carbocycles. The molecular formula is C71H59F2N3. The highest BCUT2D eigenvalue weighted by Gasteiger charge is 2.56. The van der Waals surface area contributed by atoms with E-state index in [2.05, 4.69) is 238 Å². The van der Waals surface area contributed by atoms with Crippen molar-refractivity contribution < 1.29 is 8.78 Å². The zero-order valence-electron chi connectivity index (χ0n) is 43.8. The summed E-state index contributed by atoms with van der Waals surface area (Å²) < 4.78 is 30.2. The van der Waals surface area contributed by atoms with Crippen LogP contribution in [0.15, 0.2) is 247 Å². The maximum absolute atomic E-state index is 15.1. The molecular weight excluding hydrogens is 933 g/mol. The van der Waals surface area contributed by atoms with E-state index in [0.29, 0.717) is 0 Å². The molecule has 1 spiro atoms. The van der Waals surface area contributed by atoms with Crippen LogP contribution in [0.25, 0.3) is 16.3 Å². The highest BCUT2D eigenvalue weighted by atomic mass is 19.1. The highest BCUT2D eigenvalue weighted by Crippen LogP contribution is 2.68. The Kier molecular flexibility index (Phi) is 11.1. The first-order chi connectivity index (χ1) is 36.8. The average Bonchev–Trinajstić information content (AvgIpc) is 3.98. The van der Waals surface area contributed by atoms with Crippen molar-refractivity contribution in [3.8, 4) is 0 Å². The molecule has 4 aliphatic rings. The van der Waals surface area contributed by atoms with E-state index >= 15 is 8.78 Å². The molecule has 0 saturated carbocycles. The minimum Gasteiger partial charge on any atom is -0.314 e. The van der Waals surface area contributed by atoms with Gasteiger partial charge >= 0.3 is 0 Å². The van der Waals surface area contributed by atoms with Gasteiger partial charge in [0.05, 0.1) is 22.5 Å². The number of nitrogens with zero attached hydrogens (tertiary/aromatic N) is 3. The molecule has 0 aromatic heterocycles. The fraction of sp³-hybridized carbons (Fsp3) is 0.155. The van der Waals surface area contributed by atoms with Gasteiger partial charge in [0.25, 0.3) is 0 Å². The monoisotopic (exact) mass is 991 g/mol. The fourth-order valence-electron chi connectivity index (χ4n) is 12.6. The molecule has 5 heteroatoms. The molecule has 0 N–H and O–H groups in total. The third-order valence-corrected chi connectivity index (χ3v) is 16.2. The second kappa shape index (κ2) is 17.8. The second-order valence-electron chi connectivity index (χ2n) is 22.7. The number of hydrogen-bond donors (Lipinski definition) is 0. The first-order valence-electron chi connectivity index (χ1n) is 26.6. The minimum absolute atomic E-state index is 0.0473. The predicted molar refractivity (Wildman–Crippen MR) is 312 cm³/mol. The summed E-state index contributed by atoms with van der Waals surface area (Å²) in [6, 6.07) is 71.7. The van der Waals surface area contributed by atoms with Crippen molar-refractivity contribution >= 4 is 61.8 Å². The topological polar surface area (TPSA) is 9.72 Å². The van der Waals surface area contributed by atoms with Gasteiger partial charge < -0.3 is 14.7 Å². The lowest BCUT2D eigenvalue weighted by molar-refractivity contribution is 0.590. The quantitative estimate of drug-likeness (QED) is 0.158. The number of allylic oxidation sites excluding steroid dienone is 7. The van der Waals surface area contributed by atoms with Gasteiger partial charge in [0.1, 0.15) is 11.6 Å². The van der Waals surface area contributed by atoms with E-state index in [4.69, 9.17) is 0 Å². The van der Waals surface area contributed by atoms with Crippen molar-refractivity contribution in [2.24, 2.45) is 5.92 Å². The molecule has 1 atom stereocenters. The van der Waals surface area contributed by atoms with E-state index in [0.717, 1.165) is 79.5 Å². The fourth-order valence-corrected chi connectivity index (χ4v) is 12.6. The lowest BCUT2D eigenvalue weighted by Crippen LogP contribution is -2.38. The number of anilines is 8. The molecule has 0 radical (unpaired) electrons. The maximum atomic E-state index is 15.1. The van der Waals surface area contributed by atoms with Gasteiger partial charge in [-0.3, -0.25) is 0 Å². The van der Waals surface area contributed by atoms with Gasteiger partial charge in [-0.25, -0.2) is 8.78 Å². The van der Waals surface area contributed by atoms with Crippen LogP contribution in [0, 0.1) is 17.6 Å². The summed E-state index contributed by atoms with van der Waals surface area (Å²) in [5, 5.41) is 2.22. The van der Waals surface area contributed by atoms with E-state index in [1.54, 1.807) is 24.3 Å². The molecule has 0 amide bonds. The number of para-hydroxylation sites is 3. The number of rotatable bonds is 7. The van der Waals surface area contributed by atoms with Crippen LogP contribution in [0.1, 0.15) is 81.3 Å². The molecule has 0 saturated heterocycles. The smallest absolute Gasteiger partial charge is 0.123 e. The number of benzene rings is 9. The summed E-state index contributed by atoms with van der Waals surface area (Å²) in [6.45, 7) is 13.5. The number of halogens is 2. The summed E-state index contributed by atoms with van der Waals surface area (Å²) in [7, 11) is 0. The Balaban J connectivity index is 1.17. The van der Waals surface area contributed by atoms with Gasteiger partial charge in [-0.2, -0.15) is 0 Å². The molecule has 3 nitrogen and oxygen atoms in total. The molecule has 372 valence electrons. The summed E-state index contributed by atoms with van der Waals surface area (Å²) >= 11 is 0. The van der Waals surface area contributed by atoms with Crippen LogP contribution < -0.4 is 14.7 Å². The van der Waals surface area contributed by atoms with Crippen LogP contribution in [-0.4, -0.2) is 0 Å². The van der Waals surface area contributed by atoms with Crippen LogP contribution in [0.2, 0.25) is 0 Å². The molecule has 9 aromatic rings. The highest BCUT2D eigenvalue weighted by molar-refractivity contribution is 6.13. The standard InChI is InChI=1S/C71H59F2N3/c1-69(2,3)46-28-36-51(37-29-46)74(53-40-32-48(72)33-41-53)65-44-61-67(57-22-12-10-20-55(57)65)68-58-23-13-11-21-56(58)66(75(54-42-34-49(73)35-43-54)52-38-30-47(31-39-52)70(4,5)6)45-62(68)71(61)59-24-14-16-26-63(59)76(50-18-8-7-9-19-50)64-27-17-15-25-60(64)71/h7-20,22-45,56H,21H2,1-6H3. The Morgan fingerprint density at radius 1 is 0.500 bits per heavy atom. The Labute approximate surface area is 445 Å². The largest absolute Gasteiger partial charge is 0.314 e. The average molecular weight is 992 g/mol. The molecule has 1 heterocycles. The number of fused-ring (bicyclic) bond motifs is 12. The summed E-state index contributed by atoms with van der Waals surface area (Å²) in [4.78, 5) is 7.13. The van der Waals surface area contributed by atoms with Crippen LogP contribution in [-0.2, 0) is 16.2 Å². The van der Waals surface area contributed by atoms with Gasteiger partial charge in [0.2, 0.25) is 0 Å². The zero-order chi connectivity index (χ0) is 52.1. The molecule has 13 rings (SSSR count). The van der Waals surface area contributed by atoms with Crippen molar-refractivity contribution in [1.82, 2.24) is 0 Å².